The van der Waals surface area contributed by atoms with Crippen molar-refractivity contribution in [2.45, 2.75) is 38.1 Å². The average molecular weight is 372 g/mol. The van der Waals surface area contributed by atoms with Gasteiger partial charge in [-0.05, 0) is 36.6 Å². The molecule has 0 amide bonds. The molecule has 3 rings (SSSR count). The van der Waals surface area contributed by atoms with Crippen LogP contribution in [-0.2, 0) is 16.6 Å². The molecule has 0 bridgehead atoms. The van der Waals surface area contributed by atoms with Gasteiger partial charge in [-0.25, -0.2) is 4.83 Å². The fourth-order valence-corrected chi connectivity index (χ4v) is 4.27. The Balaban J connectivity index is 1.59. The molecule has 26 heavy (non-hydrogen) atoms. The number of rotatable bonds is 5. The average Bonchev–Trinajstić information content (AvgIpc) is 2.64. The van der Waals surface area contributed by atoms with E-state index in [2.05, 4.69) is 27.0 Å². The van der Waals surface area contributed by atoms with E-state index < -0.39 is 10.0 Å². The van der Waals surface area contributed by atoms with Crippen LogP contribution in [0, 0.1) is 13.8 Å². The van der Waals surface area contributed by atoms with Gasteiger partial charge in [0, 0.05) is 38.2 Å². The summed E-state index contributed by atoms with van der Waals surface area (Å²) < 4.78 is 25.0. The largest absolute Gasteiger partial charge is 0.298 e. The Morgan fingerprint density at radius 2 is 1.73 bits per heavy atom. The zero-order valence-corrected chi connectivity index (χ0v) is 16.1. The second-order valence-corrected chi connectivity index (χ2v) is 8.43. The molecule has 5 nitrogen and oxygen atoms in total. The first-order valence-corrected chi connectivity index (χ1v) is 10.3. The van der Waals surface area contributed by atoms with Crippen molar-refractivity contribution in [2.24, 2.45) is 5.10 Å². The summed E-state index contributed by atoms with van der Waals surface area (Å²) in [5.41, 5.74) is 3.84. The second-order valence-electron chi connectivity index (χ2n) is 6.80. The summed E-state index contributed by atoms with van der Waals surface area (Å²) >= 11 is 0. The van der Waals surface area contributed by atoms with E-state index >= 15 is 0 Å². The summed E-state index contributed by atoms with van der Waals surface area (Å²) in [6.07, 6.45) is 1.56. The van der Waals surface area contributed by atoms with Crippen molar-refractivity contribution in [2.75, 3.05) is 13.1 Å². The molecule has 0 spiro atoms. The van der Waals surface area contributed by atoms with Crippen LogP contribution in [0.2, 0.25) is 0 Å². The standard InChI is InChI=1S/C20H25N3O2S/c1-16-8-9-17(2)20(14-16)26(24,25)22-21-19-10-12-23(13-11-19)15-18-6-4-3-5-7-18/h3-9,14,22H,10-13,15H2,1-2H3. The number of aryl methyl sites for hydroxylation is 2. The predicted molar refractivity (Wildman–Crippen MR) is 105 cm³/mol. The summed E-state index contributed by atoms with van der Waals surface area (Å²) in [6.45, 7) is 6.37. The van der Waals surface area contributed by atoms with Gasteiger partial charge in [-0.3, -0.25) is 4.90 Å². The lowest BCUT2D eigenvalue weighted by Crippen LogP contribution is -2.34. The molecule has 0 unspecified atom stereocenters. The minimum atomic E-state index is -3.63. The van der Waals surface area contributed by atoms with Gasteiger partial charge in [0.1, 0.15) is 0 Å². The summed E-state index contributed by atoms with van der Waals surface area (Å²) in [5.74, 6) is 0. The molecule has 138 valence electrons. The van der Waals surface area contributed by atoms with E-state index in [1.807, 2.05) is 37.3 Å². The number of hydrogen-bond acceptors (Lipinski definition) is 4. The molecular formula is C20H25N3O2S. The van der Waals surface area contributed by atoms with Gasteiger partial charge in [-0.2, -0.15) is 13.5 Å². The number of nitrogens with zero attached hydrogens (tertiary/aromatic N) is 2. The molecule has 0 aliphatic carbocycles. The quantitative estimate of drug-likeness (QED) is 0.821. The van der Waals surface area contributed by atoms with Crippen LogP contribution in [-0.4, -0.2) is 32.1 Å². The van der Waals surface area contributed by atoms with E-state index in [0.717, 1.165) is 49.3 Å². The Hall–Kier alpha value is -2.18. The topological polar surface area (TPSA) is 61.8 Å². The maximum absolute atomic E-state index is 12.5. The zero-order chi connectivity index (χ0) is 18.6. The minimum Gasteiger partial charge on any atom is -0.298 e. The normalized spacial score (nSPS) is 15.7. The predicted octanol–water partition coefficient (Wildman–Crippen LogP) is 3.23. The summed E-state index contributed by atoms with van der Waals surface area (Å²) in [5, 5.41) is 4.20. The van der Waals surface area contributed by atoms with Gasteiger partial charge in [0.15, 0.2) is 0 Å². The third-order valence-corrected chi connectivity index (χ3v) is 5.99. The van der Waals surface area contributed by atoms with Crippen molar-refractivity contribution in [3.05, 3.63) is 65.2 Å². The Labute approximate surface area is 155 Å². The third-order valence-electron chi connectivity index (χ3n) is 4.64. The van der Waals surface area contributed by atoms with Gasteiger partial charge in [0.25, 0.3) is 10.0 Å². The molecule has 2 aromatic rings. The lowest BCUT2D eigenvalue weighted by atomic mass is 10.1. The Kier molecular flexibility index (Phi) is 5.74. The summed E-state index contributed by atoms with van der Waals surface area (Å²) in [4.78, 5) is 5.08. The van der Waals surface area contributed by atoms with Crippen molar-refractivity contribution in [3.8, 4) is 0 Å². The molecule has 1 aliphatic rings. The highest BCUT2D eigenvalue weighted by Crippen LogP contribution is 2.17. The van der Waals surface area contributed by atoms with E-state index in [0.29, 0.717) is 4.90 Å². The third kappa shape index (κ3) is 4.71. The lowest BCUT2D eigenvalue weighted by Gasteiger charge is -2.27. The Morgan fingerprint density at radius 1 is 1.04 bits per heavy atom. The molecule has 0 saturated carbocycles. The molecule has 1 N–H and O–H groups in total. The van der Waals surface area contributed by atoms with Gasteiger partial charge >= 0.3 is 0 Å². The highest BCUT2D eigenvalue weighted by Gasteiger charge is 2.19. The minimum absolute atomic E-state index is 0.295. The lowest BCUT2D eigenvalue weighted by molar-refractivity contribution is 0.266. The van der Waals surface area contributed by atoms with Crippen LogP contribution in [0.15, 0.2) is 58.5 Å². The molecule has 1 heterocycles. The number of sulfonamides is 1. The van der Waals surface area contributed by atoms with Crippen LogP contribution in [0.3, 0.4) is 0 Å². The molecule has 6 heteroatoms. The van der Waals surface area contributed by atoms with Gasteiger partial charge in [-0.15, -0.1) is 0 Å². The molecular weight excluding hydrogens is 346 g/mol. The molecule has 1 aliphatic heterocycles. The number of hydrogen-bond donors (Lipinski definition) is 1. The van der Waals surface area contributed by atoms with E-state index in [-0.39, 0.29) is 0 Å². The molecule has 0 aromatic heterocycles. The van der Waals surface area contributed by atoms with E-state index in [9.17, 15) is 8.42 Å². The van der Waals surface area contributed by atoms with Crippen molar-refractivity contribution in [1.29, 1.82) is 0 Å². The van der Waals surface area contributed by atoms with Crippen LogP contribution < -0.4 is 4.83 Å². The number of piperidine rings is 1. The van der Waals surface area contributed by atoms with Crippen molar-refractivity contribution < 1.29 is 8.42 Å². The second kappa shape index (κ2) is 8.01. The van der Waals surface area contributed by atoms with E-state index in [4.69, 9.17) is 0 Å². The first-order chi connectivity index (χ1) is 12.4. The van der Waals surface area contributed by atoms with Crippen molar-refractivity contribution >= 4 is 15.7 Å². The smallest absolute Gasteiger partial charge is 0.276 e. The maximum atomic E-state index is 12.5. The van der Waals surface area contributed by atoms with E-state index in [1.54, 1.807) is 13.0 Å². The number of hydrazone groups is 1. The number of likely N-dealkylation sites (tertiary alicyclic amines) is 1. The molecule has 2 aromatic carbocycles. The number of nitrogens with one attached hydrogen (secondary N) is 1. The highest BCUT2D eigenvalue weighted by molar-refractivity contribution is 7.89. The monoisotopic (exact) mass is 371 g/mol. The van der Waals surface area contributed by atoms with Crippen LogP contribution in [0.1, 0.15) is 29.5 Å². The van der Waals surface area contributed by atoms with Gasteiger partial charge in [-0.1, -0.05) is 42.5 Å². The van der Waals surface area contributed by atoms with Gasteiger partial charge in [0.2, 0.25) is 0 Å². The van der Waals surface area contributed by atoms with Crippen LogP contribution in [0.5, 0.6) is 0 Å². The van der Waals surface area contributed by atoms with Gasteiger partial charge < -0.3 is 0 Å². The van der Waals surface area contributed by atoms with Crippen LogP contribution >= 0.6 is 0 Å². The van der Waals surface area contributed by atoms with E-state index in [1.165, 1.54) is 5.56 Å². The van der Waals surface area contributed by atoms with Crippen molar-refractivity contribution in [3.63, 3.8) is 0 Å². The molecule has 1 saturated heterocycles. The van der Waals surface area contributed by atoms with Crippen LogP contribution in [0.4, 0.5) is 0 Å². The van der Waals surface area contributed by atoms with Crippen LogP contribution in [0.25, 0.3) is 0 Å². The SMILES string of the molecule is Cc1ccc(C)c(S(=O)(=O)NN=C2CCN(Cc3ccccc3)CC2)c1. The number of benzene rings is 2. The molecule has 1 fully saturated rings. The van der Waals surface area contributed by atoms with Gasteiger partial charge in [0.05, 0.1) is 4.90 Å². The highest BCUT2D eigenvalue weighted by atomic mass is 32.2. The molecule has 0 radical (unpaired) electrons. The fourth-order valence-electron chi connectivity index (χ4n) is 3.09. The first-order valence-electron chi connectivity index (χ1n) is 8.85. The summed E-state index contributed by atoms with van der Waals surface area (Å²) in [7, 11) is -3.63. The van der Waals surface area contributed by atoms with Crippen molar-refractivity contribution in [1.82, 2.24) is 9.73 Å². The Bertz CT molecular complexity index is 883. The zero-order valence-electron chi connectivity index (χ0n) is 15.3. The summed E-state index contributed by atoms with van der Waals surface area (Å²) in [6, 6.07) is 15.8. The fraction of sp³-hybridized carbons (Fsp3) is 0.350. The maximum Gasteiger partial charge on any atom is 0.276 e. The first kappa shape index (κ1) is 18.6. The Morgan fingerprint density at radius 3 is 2.42 bits per heavy atom. The molecule has 0 atom stereocenters.